The van der Waals surface area contributed by atoms with Crippen LogP contribution in [0.3, 0.4) is 0 Å². The number of hydrogen-bond donors (Lipinski definition) is 2. The maximum atomic E-state index is 12.5. The average Bonchev–Trinajstić information content (AvgIpc) is 3.34. The Hall–Kier alpha value is -4.00. The Morgan fingerprint density at radius 2 is 1.96 bits per heavy atom. The number of fused-ring (bicyclic) bond motifs is 2. The number of H-pyrrole nitrogens is 1. The Kier molecular flexibility index (Phi) is 3.83. The summed E-state index contributed by atoms with van der Waals surface area (Å²) in [5, 5.41) is 12.2. The summed E-state index contributed by atoms with van der Waals surface area (Å²) in [6.45, 7) is 0. The molecule has 0 saturated heterocycles. The highest BCUT2D eigenvalue weighted by atomic mass is 16.1. The number of rotatable bonds is 4. The van der Waals surface area contributed by atoms with E-state index < -0.39 is 0 Å². The van der Waals surface area contributed by atoms with E-state index in [1.807, 2.05) is 59.1 Å². The molecule has 0 spiro atoms. The van der Waals surface area contributed by atoms with Gasteiger partial charge in [0.25, 0.3) is 5.91 Å². The number of nitrogens with zero attached hydrogens (tertiary/aromatic N) is 4. The van der Waals surface area contributed by atoms with Crippen LogP contribution in [0.25, 0.3) is 16.6 Å². The number of carbonyl (C=O) groups is 1. The second-order valence-corrected chi connectivity index (χ2v) is 6.52. The minimum absolute atomic E-state index is 0.188. The van der Waals surface area contributed by atoms with Gasteiger partial charge in [0.2, 0.25) is 0 Å². The van der Waals surface area contributed by atoms with Crippen LogP contribution in [0.1, 0.15) is 21.9 Å². The third-order valence-corrected chi connectivity index (χ3v) is 4.62. The summed E-state index contributed by atoms with van der Waals surface area (Å²) >= 11 is 0. The lowest BCUT2D eigenvalue weighted by atomic mass is 10.1. The van der Waals surface area contributed by atoms with Gasteiger partial charge in [-0.3, -0.25) is 14.2 Å². The number of amides is 1. The topological polar surface area (TPSA) is 88.0 Å². The zero-order valence-corrected chi connectivity index (χ0v) is 14.8. The number of aromatic nitrogens is 5. The van der Waals surface area contributed by atoms with Gasteiger partial charge < -0.3 is 10.3 Å². The first-order valence-electron chi connectivity index (χ1n) is 8.88. The smallest absolute Gasteiger partial charge is 0.272 e. The molecule has 1 aromatic carbocycles. The first-order valence-corrected chi connectivity index (χ1v) is 8.88. The second-order valence-electron chi connectivity index (χ2n) is 6.52. The summed E-state index contributed by atoms with van der Waals surface area (Å²) in [5.41, 5.74) is 4.04. The van der Waals surface area contributed by atoms with Crippen LogP contribution >= 0.6 is 0 Å². The lowest BCUT2D eigenvalue weighted by Crippen LogP contribution is -2.12. The maximum Gasteiger partial charge on any atom is 0.272 e. The Morgan fingerprint density at radius 1 is 1.07 bits per heavy atom. The van der Waals surface area contributed by atoms with Crippen LogP contribution in [0.5, 0.6) is 0 Å². The van der Waals surface area contributed by atoms with E-state index in [0.29, 0.717) is 12.1 Å². The minimum Gasteiger partial charge on any atom is -0.350 e. The zero-order chi connectivity index (χ0) is 18.9. The predicted molar refractivity (Wildman–Crippen MR) is 106 cm³/mol. The van der Waals surface area contributed by atoms with E-state index >= 15 is 0 Å². The zero-order valence-electron chi connectivity index (χ0n) is 14.8. The highest BCUT2D eigenvalue weighted by molar-refractivity contribution is 6.05. The normalized spacial score (nSPS) is 11.1. The van der Waals surface area contributed by atoms with Gasteiger partial charge in [-0.2, -0.15) is 0 Å². The molecule has 0 fully saturated rings. The van der Waals surface area contributed by atoms with Gasteiger partial charge in [-0.15, -0.1) is 10.2 Å². The number of benzene rings is 1. The lowest BCUT2D eigenvalue weighted by Gasteiger charge is -2.05. The molecule has 5 aromatic rings. The molecule has 0 aliphatic carbocycles. The quantitative estimate of drug-likeness (QED) is 0.509. The maximum absolute atomic E-state index is 12.5. The Labute approximate surface area is 160 Å². The summed E-state index contributed by atoms with van der Waals surface area (Å²) in [6.07, 6.45) is 6.03. The van der Waals surface area contributed by atoms with Gasteiger partial charge in [0.15, 0.2) is 5.65 Å². The molecule has 28 heavy (non-hydrogen) atoms. The first kappa shape index (κ1) is 16.2. The first-order chi connectivity index (χ1) is 13.8. The van der Waals surface area contributed by atoms with Gasteiger partial charge in [0, 0.05) is 41.6 Å². The number of hydrogen-bond acceptors (Lipinski definition) is 4. The summed E-state index contributed by atoms with van der Waals surface area (Å²) in [6, 6.07) is 17.2. The van der Waals surface area contributed by atoms with Crippen molar-refractivity contribution in [2.45, 2.75) is 6.42 Å². The molecule has 7 heteroatoms. The number of carbonyl (C=O) groups excluding carboxylic acids is 1. The van der Waals surface area contributed by atoms with Crippen molar-refractivity contribution in [3.05, 3.63) is 90.3 Å². The standard InChI is InChI=1S/C21H16N6O/c28-21(18-12-15-13-22-9-8-17(15)24-18)23-16-6-4-14(5-7-16)11-20-26-25-19-3-1-2-10-27(19)20/h1-10,12-13,24H,11H2,(H,23,28). The van der Waals surface area contributed by atoms with Gasteiger partial charge >= 0.3 is 0 Å². The molecular formula is C21H16N6O. The van der Waals surface area contributed by atoms with Crippen molar-refractivity contribution in [3.63, 3.8) is 0 Å². The number of aromatic amines is 1. The van der Waals surface area contributed by atoms with Crippen LogP contribution in [0.15, 0.2) is 73.2 Å². The van der Waals surface area contributed by atoms with E-state index in [1.165, 1.54) is 0 Å². The van der Waals surface area contributed by atoms with Gasteiger partial charge in [-0.1, -0.05) is 18.2 Å². The molecule has 7 nitrogen and oxygen atoms in total. The van der Waals surface area contributed by atoms with Crippen LogP contribution in [-0.4, -0.2) is 30.5 Å². The second kappa shape index (κ2) is 6.62. The van der Waals surface area contributed by atoms with Crippen molar-refractivity contribution >= 4 is 28.1 Å². The molecule has 1 amide bonds. The van der Waals surface area contributed by atoms with E-state index in [2.05, 4.69) is 25.5 Å². The van der Waals surface area contributed by atoms with Crippen LogP contribution in [0.2, 0.25) is 0 Å². The van der Waals surface area contributed by atoms with Crippen molar-refractivity contribution < 1.29 is 4.79 Å². The van der Waals surface area contributed by atoms with Crippen molar-refractivity contribution in [2.75, 3.05) is 5.32 Å². The summed E-state index contributed by atoms with van der Waals surface area (Å²) < 4.78 is 1.97. The van der Waals surface area contributed by atoms with Gasteiger partial charge in [-0.25, -0.2) is 0 Å². The molecule has 0 aliphatic rings. The highest BCUT2D eigenvalue weighted by Crippen LogP contribution is 2.17. The Morgan fingerprint density at radius 3 is 2.82 bits per heavy atom. The molecule has 5 rings (SSSR count). The molecule has 4 aromatic heterocycles. The third kappa shape index (κ3) is 2.99. The number of anilines is 1. The van der Waals surface area contributed by atoms with E-state index in [9.17, 15) is 4.79 Å². The summed E-state index contributed by atoms with van der Waals surface area (Å²) in [7, 11) is 0. The number of nitrogens with one attached hydrogen (secondary N) is 2. The molecule has 0 bridgehead atoms. The lowest BCUT2D eigenvalue weighted by molar-refractivity contribution is 0.102. The largest absolute Gasteiger partial charge is 0.350 e. The van der Waals surface area contributed by atoms with Gasteiger partial charge in [0.05, 0.1) is 0 Å². The average molecular weight is 368 g/mol. The van der Waals surface area contributed by atoms with E-state index in [1.54, 1.807) is 18.5 Å². The summed E-state index contributed by atoms with van der Waals surface area (Å²) in [5.74, 6) is 0.687. The molecule has 4 heterocycles. The number of pyridine rings is 2. The van der Waals surface area contributed by atoms with Crippen molar-refractivity contribution in [2.24, 2.45) is 0 Å². The van der Waals surface area contributed by atoms with E-state index in [0.717, 1.165) is 33.6 Å². The monoisotopic (exact) mass is 368 g/mol. The molecular weight excluding hydrogens is 352 g/mol. The molecule has 0 aliphatic heterocycles. The van der Waals surface area contributed by atoms with E-state index in [4.69, 9.17) is 0 Å². The van der Waals surface area contributed by atoms with Crippen molar-refractivity contribution in [1.82, 2.24) is 24.6 Å². The molecule has 0 radical (unpaired) electrons. The van der Waals surface area contributed by atoms with Crippen LogP contribution in [0.4, 0.5) is 5.69 Å². The van der Waals surface area contributed by atoms with Crippen LogP contribution < -0.4 is 5.32 Å². The molecule has 136 valence electrons. The molecule has 0 saturated carbocycles. The van der Waals surface area contributed by atoms with Gasteiger partial charge in [0.1, 0.15) is 11.5 Å². The SMILES string of the molecule is O=C(Nc1ccc(Cc2nnc3ccccn23)cc1)c1cc2cnccc2[nH]1. The van der Waals surface area contributed by atoms with Crippen LogP contribution in [0, 0.1) is 0 Å². The van der Waals surface area contributed by atoms with E-state index in [-0.39, 0.29) is 5.91 Å². The fourth-order valence-corrected chi connectivity index (χ4v) is 3.19. The fraction of sp³-hybridized carbons (Fsp3) is 0.0476. The highest BCUT2D eigenvalue weighted by Gasteiger charge is 2.10. The predicted octanol–water partition coefficient (Wildman–Crippen LogP) is 3.45. The van der Waals surface area contributed by atoms with Crippen LogP contribution in [-0.2, 0) is 6.42 Å². The van der Waals surface area contributed by atoms with Gasteiger partial charge in [-0.05, 0) is 42.0 Å². The van der Waals surface area contributed by atoms with Crippen molar-refractivity contribution in [3.8, 4) is 0 Å². The Balaban J connectivity index is 1.31. The fourth-order valence-electron chi connectivity index (χ4n) is 3.19. The molecule has 0 atom stereocenters. The molecule has 0 unspecified atom stereocenters. The molecule has 2 N–H and O–H groups in total. The summed E-state index contributed by atoms with van der Waals surface area (Å²) in [4.78, 5) is 19.7. The van der Waals surface area contributed by atoms with Crippen molar-refractivity contribution in [1.29, 1.82) is 0 Å². The third-order valence-electron chi connectivity index (χ3n) is 4.62. The Bertz CT molecular complexity index is 1250. The minimum atomic E-state index is -0.188.